The maximum Gasteiger partial charge on any atom is 0.160 e. The lowest BCUT2D eigenvalue weighted by Crippen LogP contribution is -1.95. The summed E-state index contributed by atoms with van der Waals surface area (Å²) in [4.78, 5) is 11.2. The second kappa shape index (κ2) is 5.86. The van der Waals surface area contributed by atoms with Gasteiger partial charge in [-0.1, -0.05) is 46.3 Å². The normalized spacial score (nSPS) is 10.9. The molecule has 1 rings (SSSR count). The molecule has 0 aromatic heterocycles. The van der Waals surface area contributed by atoms with Crippen LogP contribution in [-0.2, 0) is 0 Å². The summed E-state index contributed by atoms with van der Waals surface area (Å²) >= 11 is 3.37. The van der Waals surface area contributed by atoms with Gasteiger partial charge in [-0.2, -0.15) is 0 Å². The summed E-state index contributed by atoms with van der Waals surface area (Å²) in [5.41, 5.74) is 3.01. The van der Waals surface area contributed by atoms with Crippen molar-refractivity contribution in [3.05, 3.63) is 41.0 Å². The Morgan fingerprint density at radius 3 is 2.73 bits per heavy atom. The van der Waals surface area contributed by atoms with Crippen LogP contribution in [0.5, 0.6) is 0 Å². The monoisotopic (exact) mass is 266 g/mol. The minimum absolute atomic E-state index is 0.128. The van der Waals surface area contributed by atoms with Crippen LogP contribution < -0.4 is 0 Å². The van der Waals surface area contributed by atoms with Gasteiger partial charge in [0.1, 0.15) is 0 Å². The van der Waals surface area contributed by atoms with Crippen molar-refractivity contribution < 1.29 is 4.79 Å². The third-order valence-corrected chi connectivity index (χ3v) is 2.67. The zero-order chi connectivity index (χ0) is 11.3. The Kier molecular flexibility index (Phi) is 4.76. The predicted molar refractivity (Wildman–Crippen MR) is 68.6 cm³/mol. The first-order valence-electron chi connectivity index (χ1n) is 4.99. The number of hydrogen-bond acceptors (Lipinski definition) is 1. The molecule has 0 aliphatic rings. The molecular formula is C13H15BrO. The van der Waals surface area contributed by atoms with Crippen molar-refractivity contribution in [3.8, 4) is 0 Å². The van der Waals surface area contributed by atoms with E-state index in [9.17, 15) is 4.79 Å². The largest absolute Gasteiger partial charge is 0.295 e. The average Bonchev–Trinajstić information content (AvgIpc) is 2.17. The van der Waals surface area contributed by atoms with Crippen LogP contribution in [0.1, 0.15) is 34.8 Å². The Balaban J connectivity index is 2.87. The molecule has 0 spiro atoms. The molecule has 1 aromatic carbocycles. The predicted octanol–water partition coefficient (Wildman–Crippen LogP) is 4.00. The fourth-order valence-electron chi connectivity index (χ4n) is 1.47. The number of carbonyl (C=O) groups excluding carboxylic acids is 1. The molecule has 15 heavy (non-hydrogen) atoms. The zero-order valence-electron chi connectivity index (χ0n) is 9.09. The molecule has 0 N–H and O–H groups in total. The average molecular weight is 267 g/mol. The number of ketones is 1. The van der Waals surface area contributed by atoms with Gasteiger partial charge in [0.25, 0.3) is 0 Å². The van der Waals surface area contributed by atoms with Gasteiger partial charge in [0, 0.05) is 10.9 Å². The van der Waals surface area contributed by atoms with E-state index in [1.807, 2.05) is 25.1 Å². The quantitative estimate of drug-likeness (QED) is 0.595. The van der Waals surface area contributed by atoms with Gasteiger partial charge in [0.15, 0.2) is 5.78 Å². The summed E-state index contributed by atoms with van der Waals surface area (Å²) in [7, 11) is 0. The van der Waals surface area contributed by atoms with Gasteiger partial charge >= 0.3 is 0 Å². The van der Waals surface area contributed by atoms with Crippen molar-refractivity contribution in [1.29, 1.82) is 0 Å². The first kappa shape index (κ1) is 12.2. The van der Waals surface area contributed by atoms with Crippen LogP contribution in [0.25, 0.3) is 6.08 Å². The molecule has 0 fully saturated rings. The molecule has 0 aliphatic heterocycles. The summed E-state index contributed by atoms with van der Waals surface area (Å²) in [6.45, 7) is 3.57. The number of halogens is 1. The second-order valence-electron chi connectivity index (χ2n) is 3.51. The highest BCUT2D eigenvalue weighted by molar-refractivity contribution is 9.09. The van der Waals surface area contributed by atoms with Crippen LogP contribution in [0.3, 0.4) is 0 Å². The molecule has 0 bridgehead atoms. The minimum atomic E-state index is 0.128. The van der Waals surface area contributed by atoms with Crippen molar-refractivity contribution in [2.24, 2.45) is 0 Å². The maximum absolute atomic E-state index is 11.2. The number of benzene rings is 1. The van der Waals surface area contributed by atoms with E-state index in [-0.39, 0.29) is 5.78 Å². The molecule has 0 heterocycles. The summed E-state index contributed by atoms with van der Waals surface area (Å²) in [5.74, 6) is 0.128. The van der Waals surface area contributed by atoms with Crippen LogP contribution in [0.15, 0.2) is 24.3 Å². The van der Waals surface area contributed by atoms with E-state index in [1.165, 1.54) is 0 Å². The summed E-state index contributed by atoms with van der Waals surface area (Å²) in [6.07, 6.45) is 5.22. The number of aryl methyl sites for hydroxylation is 1. The minimum Gasteiger partial charge on any atom is -0.295 e. The Hall–Kier alpha value is -0.890. The van der Waals surface area contributed by atoms with Crippen molar-refractivity contribution in [2.75, 3.05) is 5.33 Å². The standard InChI is InChI=1S/C13H15BrO/c1-10-9-12(5-3-4-8-14)6-7-13(10)11(2)15/h3,5-7,9H,4,8H2,1-2H3. The molecule has 0 saturated carbocycles. The van der Waals surface area contributed by atoms with Crippen LogP contribution in [0.2, 0.25) is 0 Å². The fourth-order valence-corrected chi connectivity index (χ4v) is 1.73. The lowest BCUT2D eigenvalue weighted by molar-refractivity contribution is 0.101. The van der Waals surface area contributed by atoms with Gasteiger partial charge in [-0.05, 0) is 31.4 Å². The van der Waals surface area contributed by atoms with E-state index >= 15 is 0 Å². The first-order valence-corrected chi connectivity index (χ1v) is 6.11. The molecule has 0 aliphatic carbocycles. The van der Waals surface area contributed by atoms with E-state index in [1.54, 1.807) is 6.92 Å². The SMILES string of the molecule is CC(=O)c1ccc(C=CCCBr)cc1C. The Labute approximate surface area is 99.3 Å². The van der Waals surface area contributed by atoms with Gasteiger partial charge in [-0.15, -0.1) is 0 Å². The summed E-state index contributed by atoms with van der Waals surface area (Å²) in [6, 6.07) is 5.92. The highest BCUT2D eigenvalue weighted by Gasteiger charge is 2.02. The van der Waals surface area contributed by atoms with Gasteiger partial charge in [-0.3, -0.25) is 4.79 Å². The summed E-state index contributed by atoms with van der Waals surface area (Å²) < 4.78 is 0. The van der Waals surface area contributed by atoms with Crippen LogP contribution in [-0.4, -0.2) is 11.1 Å². The number of alkyl halides is 1. The number of allylic oxidation sites excluding steroid dienone is 1. The van der Waals surface area contributed by atoms with Crippen LogP contribution >= 0.6 is 15.9 Å². The Morgan fingerprint density at radius 1 is 1.47 bits per heavy atom. The molecule has 0 saturated heterocycles. The van der Waals surface area contributed by atoms with Crippen LogP contribution in [0, 0.1) is 6.92 Å². The topological polar surface area (TPSA) is 17.1 Å². The van der Waals surface area contributed by atoms with Crippen molar-refractivity contribution in [2.45, 2.75) is 20.3 Å². The zero-order valence-corrected chi connectivity index (χ0v) is 10.7. The molecule has 0 unspecified atom stereocenters. The molecule has 0 amide bonds. The van der Waals surface area contributed by atoms with Gasteiger partial charge < -0.3 is 0 Å². The third kappa shape index (κ3) is 3.63. The fraction of sp³-hybridized carbons (Fsp3) is 0.308. The lowest BCUT2D eigenvalue weighted by Gasteiger charge is -2.02. The number of rotatable bonds is 4. The number of Topliss-reactive ketones (excluding diaryl/α,β-unsaturated/α-hetero) is 1. The Bertz CT molecular complexity index is 380. The van der Waals surface area contributed by atoms with E-state index in [2.05, 4.69) is 28.1 Å². The lowest BCUT2D eigenvalue weighted by atomic mass is 10.0. The summed E-state index contributed by atoms with van der Waals surface area (Å²) in [5, 5.41) is 0.980. The smallest absolute Gasteiger partial charge is 0.160 e. The van der Waals surface area contributed by atoms with E-state index in [0.29, 0.717) is 0 Å². The van der Waals surface area contributed by atoms with E-state index in [0.717, 1.165) is 28.4 Å². The van der Waals surface area contributed by atoms with Gasteiger partial charge in [-0.25, -0.2) is 0 Å². The number of carbonyl (C=O) groups is 1. The van der Waals surface area contributed by atoms with Crippen molar-refractivity contribution in [3.63, 3.8) is 0 Å². The van der Waals surface area contributed by atoms with Crippen molar-refractivity contribution in [1.82, 2.24) is 0 Å². The molecule has 2 heteroatoms. The second-order valence-corrected chi connectivity index (χ2v) is 4.30. The molecule has 1 aromatic rings. The molecule has 80 valence electrons. The highest BCUT2D eigenvalue weighted by Crippen LogP contribution is 2.13. The maximum atomic E-state index is 11.2. The van der Waals surface area contributed by atoms with Gasteiger partial charge in [0.2, 0.25) is 0 Å². The van der Waals surface area contributed by atoms with Gasteiger partial charge in [0.05, 0.1) is 0 Å². The highest BCUT2D eigenvalue weighted by atomic mass is 79.9. The molecule has 1 nitrogen and oxygen atoms in total. The van der Waals surface area contributed by atoms with E-state index < -0.39 is 0 Å². The number of hydrogen-bond donors (Lipinski definition) is 0. The van der Waals surface area contributed by atoms with E-state index in [4.69, 9.17) is 0 Å². The van der Waals surface area contributed by atoms with Crippen LogP contribution in [0.4, 0.5) is 0 Å². The molecule has 0 radical (unpaired) electrons. The van der Waals surface area contributed by atoms with Crippen molar-refractivity contribution >= 4 is 27.8 Å². The third-order valence-electron chi connectivity index (χ3n) is 2.22. The molecular weight excluding hydrogens is 252 g/mol. The Morgan fingerprint density at radius 2 is 2.20 bits per heavy atom. The first-order chi connectivity index (χ1) is 7.15. The molecule has 0 atom stereocenters.